The summed E-state index contributed by atoms with van der Waals surface area (Å²) in [6, 6.07) is 0. The van der Waals surface area contributed by atoms with Gasteiger partial charge in [-0.05, 0) is 13.3 Å². The predicted octanol–water partition coefficient (Wildman–Crippen LogP) is 4.01. The average molecular weight is 192 g/mol. The van der Waals surface area contributed by atoms with Crippen LogP contribution in [0.15, 0.2) is 48.8 Å². The van der Waals surface area contributed by atoms with Crippen LogP contribution in [0, 0.1) is 0 Å². The maximum absolute atomic E-state index is 5.49. The molecule has 1 nitrogen and oxygen atoms in total. The van der Waals surface area contributed by atoms with Gasteiger partial charge < -0.3 is 4.74 Å². The van der Waals surface area contributed by atoms with Gasteiger partial charge in [-0.2, -0.15) is 0 Å². The van der Waals surface area contributed by atoms with Crippen molar-refractivity contribution < 1.29 is 4.74 Å². The molecule has 0 aliphatic carbocycles. The molecule has 0 heterocycles. The summed E-state index contributed by atoms with van der Waals surface area (Å²) in [5.41, 5.74) is 0.985. The first-order chi connectivity index (χ1) is 6.76. The molecule has 0 aliphatic heterocycles. The second kappa shape index (κ2) is 8.36. The summed E-state index contributed by atoms with van der Waals surface area (Å²) < 4.78 is 5.49. The summed E-state index contributed by atoms with van der Waals surface area (Å²) in [6.07, 6.45) is 9.77. The molecule has 0 fully saturated rings. The Bertz CT molecular complexity index is 234. The van der Waals surface area contributed by atoms with Gasteiger partial charge in [0.1, 0.15) is 5.76 Å². The summed E-state index contributed by atoms with van der Waals surface area (Å²) in [6.45, 7) is 12.4. The molecule has 0 saturated carbocycles. The van der Waals surface area contributed by atoms with Gasteiger partial charge in [0.25, 0.3) is 0 Å². The predicted molar refractivity (Wildman–Crippen MR) is 63.1 cm³/mol. The summed E-state index contributed by atoms with van der Waals surface area (Å²) in [4.78, 5) is 0. The summed E-state index contributed by atoms with van der Waals surface area (Å²) in [7, 11) is 0. The SMILES string of the molecule is C=C/C=C(\C=C/C)C(=C)OCCCC. The van der Waals surface area contributed by atoms with Crippen molar-refractivity contribution in [1.82, 2.24) is 0 Å². The van der Waals surface area contributed by atoms with Crippen molar-refractivity contribution in [3.8, 4) is 0 Å². The second-order valence-corrected chi connectivity index (χ2v) is 2.98. The summed E-state index contributed by atoms with van der Waals surface area (Å²) >= 11 is 0. The van der Waals surface area contributed by atoms with Crippen molar-refractivity contribution in [2.24, 2.45) is 0 Å². The molecule has 0 spiro atoms. The number of hydrogen-bond acceptors (Lipinski definition) is 1. The molecule has 0 rings (SSSR count). The third-order valence-electron chi connectivity index (χ3n) is 1.74. The van der Waals surface area contributed by atoms with E-state index in [-0.39, 0.29) is 0 Å². The lowest BCUT2D eigenvalue weighted by Gasteiger charge is -2.08. The Morgan fingerprint density at radius 2 is 2.14 bits per heavy atom. The van der Waals surface area contributed by atoms with Gasteiger partial charge in [-0.15, -0.1) is 0 Å². The van der Waals surface area contributed by atoms with E-state index < -0.39 is 0 Å². The van der Waals surface area contributed by atoms with Gasteiger partial charge >= 0.3 is 0 Å². The first kappa shape index (κ1) is 12.8. The molecule has 0 unspecified atom stereocenters. The topological polar surface area (TPSA) is 9.23 Å². The van der Waals surface area contributed by atoms with Gasteiger partial charge in [0, 0.05) is 5.57 Å². The largest absolute Gasteiger partial charge is 0.494 e. The zero-order valence-electron chi connectivity index (χ0n) is 9.25. The quantitative estimate of drug-likeness (QED) is 0.336. The normalized spacial score (nSPS) is 11.7. The maximum Gasteiger partial charge on any atom is 0.119 e. The highest BCUT2D eigenvalue weighted by Gasteiger charge is 1.98. The van der Waals surface area contributed by atoms with Crippen LogP contribution < -0.4 is 0 Å². The Morgan fingerprint density at radius 1 is 1.43 bits per heavy atom. The fraction of sp³-hybridized carbons (Fsp3) is 0.385. The fourth-order valence-electron chi connectivity index (χ4n) is 0.971. The first-order valence-electron chi connectivity index (χ1n) is 5.03. The zero-order chi connectivity index (χ0) is 10.8. The Balaban J connectivity index is 4.16. The Hall–Kier alpha value is -1.24. The van der Waals surface area contributed by atoms with Gasteiger partial charge in [-0.1, -0.05) is 50.8 Å². The zero-order valence-corrected chi connectivity index (χ0v) is 9.25. The van der Waals surface area contributed by atoms with Crippen molar-refractivity contribution in [2.75, 3.05) is 6.61 Å². The van der Waals surface area contributed by atoms with Crippen LogP contribution in [0.1, 0.15) is 26.7 Å². The molecule has 0 saturated heterocycles. The van der Waals surface area contributed by atoms with Crippen LogP contribution in [0.4, 0.5) is 0 Å². The van der Waals surface area contributed by atoms with Crippen molar-refractivity contribution in [3.05, 3.63) is 48.8 Å². The van der Waals surface area contributed by atoms with Crippen LogP contribution in [0.3, 0.4) is 0 Å². The standard InChI is InChI=1S/C13H20O/c1-5-8-11-14-12(4)13(9-6-2)10-7-3/h6-7,9-10H,2,4-5,8,11H2,1,3H3/b10-7-,13-9+. The molecule has 0 atom stereocenters. The monoisotopic (exact) mass is 192 g/mol. The summed E-state index contributed by atoms with van der Waals surface area (Å²) in [5.74, 6) is 0.719. The molecular formula is C13H20O. The van der Waals surface area contributed by atoms with E-state index in [0.717, 1.165) is 30.8 Å². The van der Waals surface area contributed by atoms with Gasteiger partial charge in [0.2, 0.25) is 0 Å². The lowest BCUT2D eigenvalue weighted by molar-refractivity contribution is 0.218. The Labute approximate surface area is 87.5 Å². The molecule has 0 amide bonds. The molecule has 0 aliphatic rings. The third-order valence-corrected chi connectivity index (χ3v) is 1.74. The number of ether oxygens (including phenoxy) is 1. The fourth-order valence-corrected chi connectivity index (χ4v) is 0.971. The molecule has 78 valence electrons. The van der Waals surface area contributed by atoms with E-state index in [1.807, 2.05) is 25.2 Å². The molecule has 0 radical (unpaired) electrons. The van der Waals surface area contributed by atoms with E-state index in [1.165, 1.54) is 0 Å². The van der Waals surface area contributed by atoms with Crippen LogP contribution in [0.5, 0.6) is 0 Å². The van der Waals surface area contributed by atoms with Crippen molar-refractivity contribution in [1.29, 1.82) is 0 Å². The van der Waals surface area contributed by atoms with Gasteiger partial charge in [0.05, 0.1) is 6.61 Å². The van der Waals surface area contributed by atoms with E-state index in [2.05, 4.69) is 20.1 Å². The van der Waals surface area contributed by atoms with E-state index in [0.29, 0.717) is 0 Å². The minimum Gasteiger partial charge on any atom is -0.494 e. The highest BCUT2D eigenvalue weighted by atomic mass is 16.5. The highest BCUT2D eigenvalue weighted by Crippen LogP contribution is 2.11. The molecule has 0 N–H and O–H groups in total. The van der Waals surface area contributed by atoms with Crippen molar-refractivity contribution >= 4 is 0 Å². The number of rotatable bonds is 7. The van der Waals surface area contributed by atoms with Crippen molar-refractivity contribution in [3.63, 3.8) is 0 Å². The lowest BCUT2D eigenvalue weighted by atomic mass is 10.2. The molecular weight excluding hydrogens is 172 g/mol. The van der Waals surface area contributed by atoms with Crippen LogP contribution in [-0.4, -0.2) is 6.61 Å². The number of allylic oxidation sites excluding steroid dienone is 4. The smallest absolute Gasteiger partial charge is 0.119 e. The number of hydrogen-bond donors (Lipinski definition) is 0. The third kappa shape index (κ3) is 5.41. The first-order valence-corrected chi connectivity index (χ1v) is 5.03. The van der Waals surface area contributed by atoms with Crippen LogP contribution in [0.2, 0.25) is 0 Å². The Morgan fingerprint density at radius 3 is 2.64 bits per heavy atom. The minimum absolute atomic E-state index is 0.719. The molecule has 0 aromatic rings. The highest BCUT2D eigenvalue weighted by molar-refractivity contribution is 5.36. The molecule has 0 aromatic carbocycles. The van der Waals surface area contributed by atoms with E-state index in [4.69, 9.17) is 4.74 Å². The number of unbranched alkanes of at least 4 members (excludes halogenated alkanes) is 1. The van der Waals surface area contributed by atoms with E-state index in [9.17, 15) is 0 Å². The van der Waals surface area contributed by atoms with E-state index in [1.54, 1.807) is 6.08 Å². The molecule has 0 bridgehead atoms. The van der Waals surface area contributed by atoms with Gasteiger partial charge in [0.15, 0.2) is 0 Å². The van der Waals surface area contributed by atoms with Crippen LogP contribution in [0.25, 0.3) is 0 Å². The molecule has 14 heavy (non-hydrogen) atoms. The van der Waals surface area contributed by atoms with Gasteiger partial charge in [-0.3, -0.25) is 0 Å². The van der Waals surface area contributed by atoms with Gasteiger partial charge in [-0.25, -0.2) is 0 Å². The Kier molecular flexibility index (Phi) is 7.62. The second-order valence-electron chi connectivity index (χ2n) is 2.98. The molecule has 0 aromatic heterocycles. The van der Waals surface area contributed by atoms with E-state index >= 15 is 0 Å². The summed E-state index contributed by atoms with van der Waals surface area (Å²) in [5, 5.41) is 0. The minimum atomic E-state index is 0.719. The maximum atomic E-state index is 5.49. The van der Waals surface area contributed by atoms with Crippen LogP contribution >= 0.6 is 0 Å². The average Bonchev–Trinajstić information content (AvgIpc) is 2.18. The van der Waals surface area contributed by atoms with Crippen LogP contribution in [-0.2, 0) is 4.74 Å². The molecule has 1 heteroatoms. The lowest BCUT2D eigenvalue weighted by Crippen LogP contribution is -1.95. The van der Waals surface area contributed by atoms with Crippen molar-refractivity contribution in [2.45, 2.75) is 26.7 Å².